The lowest BCUT2D eigenvalue weighted by Crippen LogP contribution is -2.03. The fourth-order valence-electron chi connectivity index (χ4n) is 1.67. The third-order valence-corrected chi connectivity index (χ3v) is 3.70. The van der Waals surface area contributed by atoms with Gasteiger partial charge in [-0.15, -0.1) is 11.3 Å². The third kappa shape index (κ3) is 2.79. The fraction of sp³-hybridized carbons (Fsp3) is 0.333. The van der Waals surface area contributed by atoms with E-state index in [2.05, 4.69) is 0 Å². The topological polar surface area (TPSA) is 26.0 Å². The summed E-state index contributed by atoms with van der Waals surface area (Å²) in [7, 11) is 0. The first-order valence-corrected chi connectivity index (χ1v) is 6.12. The van der Waals surface area contributed by atoms with Gasteiger partial charge in [0.2, 0.25) is 0 Å². The van der Waals surface area contributed by atoms with E-state index in [0.717, 1.165) is 28.5 Å². The maximum atomic E-state index is 12.5. The molecule has 0 unspecified atom stereocenters. The zero-order chi connectivity index (χ0) is 12.5. The van der Waals surface area contributed by atoms with Gasteiger partial charge in [-0.05, 0) is 49.0 Å². The van der Waals surface area contributed by atoms with Gasteiger partial charge in [0.25, 0.3) is 0 Å². The molecule has 1 aromatic carbocycles. The number of hydrogen-bond donors (Lipinski definition) is 1. The summed E-state index contributed by atoms with van der Waals surface area (Å²) in [5.74, 6) is 0. The summed E-state index contributed by atoms with van der Waals surface area (Å²) >= 11 is 1.53. The van der Waals surface area contributed by atoms with E-state index in [4.69, 9.17) is 5.73 Å². The molecule has 2 rings (SSSR count). The summed E-state index contributed by atoms with van der Waals surface area (Å²) in [5, 5.41) is 0.664. The Balaban J connectivity index is 2.34. The molecule has 0 atom stereocenters. The van der Waals surface area contributed by atoms with Crippen LogP contribution in [0, 0.1) is 0 Å². The molecule has 0 aliphatic rings. The maximum absolute atomic E-state index is 12.5. The van der Waals surface area contributed by atoms with Crippen LogP contribution >= 0.6 is 11.3 Å². The van der Waals surface area contributed by atoms with Gasteiger partial charge in [-0.3, -0.25) is 0 Å². The van der Waals surface area contributed by atoms with Gasteiger partial charge < -0.3 is 5.73 Å². The molecule has 92 valence electrons. The summed E-state index contributed by atoms with van der Waals surface area (Å²) in [6, 6.07) is 5.70. The molecule has 0 fully saturated rings. The van der Waals surface area contributed by atoms with Crippen LogP contribution in [0.15, 0.2) is 24.3 Å². The Morgan fingerprint density at radius 1 is 1.18 bits per heavy atom. The molecule has 0 bridgehead atoms. The van der Waals surface area contributed by atoms with E-state index in [1.165, 1.54) is 23.5 Å². The first-order valence-electron chi connectivity index (χ1n) is 5.30. The van der Waals surface area contributed by atoms with E-state index >= 15 is 0 Å². The molecular formula is C12H12F3NS. The molecule has 1 nitrogen and oxygen atoms in total. The van der Waals surface area contributed by atoms with E-state index in [1.807, 2.05) is 6.07 Å². The van der Waals surface area contributed by atoms with Crippen LogP contribution in [-0.2, 0) is 12.6 Å². The zero-order valence-corrected chi connectivity index (χ0v) is 9.87. The lowest BCUT2D eigenvalue weighted by atomic mass is 10.1. The molecule has 5 heteroatoms. The maximum Gasteiger partial charge on any atom is 0.416 e. The van der Waals surface area contributed by atoms with Crippen LogP contribution in [0.4, 0.5) is 13.2 Å². The molecule has 2 aromatic rings. The monoisotopic (exact) mass is 259 g/mol. The van der Waals surface area contributed by atoms with Crippen molar-refractivity contribution in [3.8, 4) is 0 Å². The average Bonchev–Trinajstić information content (AvgIpc) is 2.66. The van der Waals surface area contributed by atoms with Crippen LogP contribution in [-0.4, -0.2) is 6.54 Å². The lowest BCUT2D eigenvalue weighted by molar-refractivity contribution is -0.137. The first-order chi connectivity index (χ1) is 8.00. The molecule has 1 aromatic heterocycles. The van der Waals surface area contributed by atoms with Gasteiger partial charge >= 0.3 is 6.18 Å². The predicted molar refractivity (Wildman–Crippen MR) is 64.2 cm³/mol. The van der Waals surface area contributed by atoms with E-state index < -0.39 is 11.7 Å². The standard InChI is InChI=1S/C12H12F3NS/c13-12(14,15)9-3-4-11-8(6-9)7-10(17-11)2-1-5-16/h3-4,6-7H,1-2,5,16H2. The van der Waals surface area contributed by atoms with Crippen molar-refractivity contribution in [1.82, 2.24) is 0 Å². The minimum absolute atomic E-state index is 0.590. The Labute approximate surface area is 101 Å². The smallest absolute Gasteiger partial charge is 0.330 e. The molecule has 0 spiro atoms. The Morgan fingerprint density at radius 2 is 1.94 bits per heavy atom. The van der Waals surface area contributed by atoms with Gasteiger partial charge in [0.05, 0.1) is 5.56 Å². The van der Waals surface area contributed by atoms with Gasteiger partial charge in [-0.2, -0.15) is 13.2 Å². The Kier molecular flexibility index (Phi) is 3.40. The van der Waals surface area contributed by atoms with E-state index in [-0.39, 0.29) is 0 Å². The number of nitrogens with two attached hydrogens (primary N) is 1. The summed E-state index contributed by atoms with van der Waals surface area (Å²) < 4.78 is 38.4. The molecular weight excluding hydrogens is 247 g/mol. The number of alkyl halides is 3. The van der Waals surface area contributed by atoms with Gasteiger partial charge in [-0.1, -0.05) is 0 Å². The second-order valence-corrected chi connectivity index (χ2v) is 5.02. The van der Waals surface area contributed by atoms with Gasteiger partial charge in [0.15, 0.2) is 0 Å². The van der Waals surface area contributed by atoms with Crippen LogP contribution in [0.1, 0.15) is 16.9 Å². The Bertz CT molecular complexity index is 516. The first kappa shape index (κ1) is 12.4. The molecule has 0 aliphatic carbocycles. The highest BCUT2D eigenvalue weighted by molar-refractivity contribution is 7.19. The average molecular weight is 259 g/mol. The lowest BCUT2D eigenvalue weighted by Gasteiger charge is -2.05. The van der Waals surface area contributed by atoms with E-state index in [1.54, 1.807) is 0 Å². The van der Waals surface area contributed by atoms with Crippen LogP contribution in [0.5, 0.6) is 0 Å². The van der Waals surface area contributed by atoms with Crippen LogP contribution < -0.4 is 5.73 Å². The van der Waals surface area contributed by atoms with Crippen molar-refractivity contribution in [2.45, 2.75) is 19.0 Å². The molecule has 0 amide bonds. The molecule has 0 saturated carbocycles. The summed E-state index contributed by atoms with van der Waals surface area (Å²) in [6.45, 7) is 0.599. The highest BCUT2D eigenvalue weighted by Gasteiger charge is 2.30. The minimum Gasteiger partial charge on any atom is -0.330 e. The zero-order valence-electron chi connectivity index (χ0n) is 9.05. The highest BCUT2D eigenvalue weighted by atomic mass is 32.1. The van der Waals surface area contributed by atoms with Gasteiger partial charge in [0, 0.05) is 9.58 Å². The van der Waals surface area contributed by atoms with Gasteiger partial charge in [-0.25, -0.2) is 0 Å². The largest absolute Gasteiger partial charge is 0.416 e. The predicted octanol–water partition coefficient (Wildman–Crippen LogP) is 3.81. The molecule has 0 aliphatic heterocycles. The Hall–Kier alpha value is -1.07. The number of thiophene rings is 1. The number of fused-ring (bicyclic) bond motifs is 1. The minimum atomic E-state index is -4.27. The van der Waals surface area contributed by atoms with Crippen LogP contribution in [0.3, 0.4) is 0 Å². The Morgan fingerprint density at radius 3 is 2.59 bits per heavy atom. The SMILES string of the molecule is NCCCc1cc2cc(C(F)(F)F)ccc2s1. The molecule has 1 heterocycles. The molecule has 17 heavy (non-hydrogen) atoms. The number of halogens is 3. The van der Waals surface area contributed by atoms with E-state index in [9.17, 15) is 13.2 Å². The van der Waals surface area contributed by atoms with Crippen molar-refractivity contribution in [3.05, 3.63) is 34.7 Å². The van der Waals surface area contributed by atoms with Crippen LogP contribution in [0.25, 0.3) is 10.1 Å². The van der Waals surface area contributed by atoms with E-state index in [0.29, 0.717) is 11.9 Å². The summed E-state index contributed by atoms with van der Waals surface area (Å²) in [6.07, 6.45) is -2.58. The second-order valence-electron chi connectivity index (χ2n) is 3.86. The van der Waals surface area contributed by atoms with Crippen molar-refractivity contribution in [3.63, 3.8) is 0 Å². The number of benzene rings is 1. The molecule has 2 N–H and O–H groups in total. The molecule has 0 saturated heterocycles. The third-order valence-electron chi connectivity index (χ3n) is 2.52. The fourth-order valence-corrected chi connectivity index (χ4v) is 2.76. The van der Waals surface area contributed by atoms with Crippen molar-refractivity contribution < 1.29 is 13.2 Å². The van der Waals surface area contributed by atoms with Crippen molar-refractivity contribution in [1.29, 1.82) is 0 Å². The van der Waals surface area contributed by atoms with Crippen LogP contribution in [0.2, 0.25) is 0 Å². The second kappa shape index (κ2) is 4.66. The van der Waals surface area contributed by atoms with Crippen molar-refractivity contribution in [2.75, 3.05) is 6.54 Å². The summed E-state index contributed by atoms with van der Waals surface area (Å²) in [4.78, 5) is 1.09. The normalized spacial score (nSPS) is 12.2. The van der Waals surface area contributed by atoms with Crippen molar-refractivity contribution >= 4 is 21.4 Å². The number of aryl methyl sites for hydroxylation is 1. The van der Waals surface area contributed by atoms with Gasteiger partial charge in [0.1, 0.15) is 0 Å². The molecule has 0 radical (unpaired) electrons. The quantitative estimate of drug-likeness (QED) is 0.891. The number of hydrogen-bond acceptors (Lipinski definition) is 2. The highest BCUT2D eigenvalue weighted by Crippen LogP contribution is 2.34. The number of rotatable bonds is 3. The van der Waals surface area contributed by atoms with Crippen molar-refractivity contribution in [2.24, 2.45) is 5.73 Å². The summed E-state index contributed by atoms with van der Waals surface area (Å²) in [5.41, 5.74) is 4.82.